The van der Waals surface area contributed by atoms with Crippen molar-refractivity contribution in [3.8, 4) is 5.75 Å². The van der Waals surface area contributed by atoms with Gasteiger partial charge < -0.3 is 10.5 Å². The van der Waals surface area contributed by atoms with Gasteiger partial charge in [-0.1, -0.05) is 30.3 Å². The van der Waals surface area contributed by atoms with Gasteiger partial charge in [-0.2, -0.15) is 0 Å². The molecule has 0 aliphatic carbocycles. The van der Waals surface area contributed by atoms with Crippen molar-refractivity contribution in [2.24, 2.45) is 5.73 Å². The third-order valence-electron chi connectivity index (χ3n) is 3.04. The van der Waals surface area contributed by atoms with Crippen LogP contribution in [0.3, 0.4) is 0 Å². The van der Waals surface area contributed by atoms with Crippen molar-refractivity contribution in [1.82, 2.24) is 0 Å². The molecule has 2 unspecified atom stereocenters. The van der Waals surface area contributed by atoms with Crippen molar-refractivity contribution in [1.29, 1.82) is 0 Å². The van der Waals surface area contributed by atoms with E-state index >= 15 is 0 Å². The molecule has 0 aliphatic rings. The van der Waals surface area contributed by atoms with Crippen LogP contribution in [-0.2, 0) is 0 Å². The number of benzene rings is 2. The molecule has 0 aliphatic heterocycles. The van der Waals surface area contributed by atoms with Crippen LogP contribution in [0.5, 0.6) is 5.75 Å². The Morgan fingerprint density at radius 3 is 2.37 bits per heavy atom. The fourth-order valence-electron chi connectivity index (χ4n) is 1.97. The van der Waals surface area contributed by atoms with Gasteiger partial charge in [0.2, 0.25) is 0 Å². The maximum Gasteiger partial charge on any atom is 0.125 e. The molecule has 0 fully saturated rings. The van der Waals surface area contributed by atoms with Crippen LogP contribution in [0.2, 0.25) is 0 Å². The van der Waals surface area contributed by atoms with Crippen LogP contribution in [0, 0.1) is 5.82 Å². The molecule has 2 atom stereocenters. The molecule has 0 radical (unpaired) electrons. The molecular formula is C16H18FNO. The summed E-state index contributed by atoms with van der Waals surface area (Å²) in [4.78, 5) is 0. The molecule has 2 N–H and O–H groups in total. The van der Waals surface area contributed by atoms with Crippen molar-refractivity contribution in [3.63, 3.8) is 0 Å². The van der Waals surface area contributed by atoms with E-state index in [-0.39, 0.29) is 18.0 Å². The van der Waals surface area contributed by atoms with Gasteiger partial charge in [0.25, 0.3) is 0 Å². The molecule has 0 aromatic heterocycles. The third-order valence-corrected chi connectivity index (χ3v) is 3.04. The minimum Gasteiger partial charge on any atom is -0.486 e. The molecule has 0 amide bonds. The predicted molar refractivity (Wildman–Crippen MR) is 74.5 cm³/mol. The summed E-state index contributed by atoms with van der Waals surface area (Å²) < 4.78 is 19.2. The second kappa shape index (κ2) is 5.85. The number of halogens is 1. The highest BCUT2D eigenvalue weighted by Gasteiger charge is 2.13. The Kier molecular flexibility index (Phi) is 4.17. The van der Waals surface area contributed by atoms with Crippen molar-refractivity contribution < 1.29 is 9.13 Å². The zero-order chi connectivity index (χ0) is 13.8. The molecule has 0 saturated carbocycles. The van der Waals surface area contributed by atoms with Gasteiger partial charge in [-0.25, -0.2) is 4.39 Å². The molecule has 3 heteroatoms. The average molecular weight is 259 g/mol. The topological polar surface area (TPSA) is 35.2 Å². The summed E-state index contributed by atoms with van der Waals surface area (Å²) in [6.07, 6.45) is -0.107. The van der Waals surface area contributed by atoms with Crippen LogP contribution in [-0.4, -0.2) is 0 Å². The first-order valence-electron chi connectivity index (χ1n) is 6.34. The molecule has 0 saturated heterocycles. The Morgan fingerprint density at radius 1 is 1.05 bits per heavy atom. The van der Waals surface area contributed by atoms with Gasteiger partial charge in [-0.3, -0.25) is 0 Å². The van der Waals surface area contributed by atoms with E-state index in [2.05, 4.69) is 0 Å². The summed E-state index contributed by atoms with van der Waals surface area (Å²) in [6.45, 7) is 3.78. The van der Waals surface area contributed by atoms with Crippen LogP contribution >= 0.6 is 0 Å². The van der Waals surface area contributed by atoms with Gasteiger partial charge in [0.15, 0.2) is 0 Å². The van der Waals surface area contributed by atoms with Crippen molar-refractivity contribution in [2.75, 3.05) is 0 Å². The zero-order valence-electron chi connectivity index (χ0n) is 11.1. The number of rotatable bonds is 4. The van der Waals surface area contributed by atoms with Crippen LogP contribution in [0.4, 0.5) is 4.39 Å². The van der Waals surface area contributed by atoms with E-state index in [9.17, 15) is 4.39 Å². The second-order valence-corrected chi connectivity index (χ2v) is 4.64. The minimum atomic E-state index is -0.299. The van der Waals surface area contributed by atoms with Gasteiger partial charge in [0.05, 0.1) is 0 Å². The standard InChI is InChI=1S/C16H18FNO/c1-11(18)15-10-14(17)8-9-16(15)19-12(2)13-6-4-3-5-7-13/h3-12H,18H2,1-2H3. The lowest BCUT2D eigenvalue weighted by molar-refractivity contribution is 0.223. The maximum absolute atomic E-state index is 13.3. The highest BCUT2D eigenvalue weighted by Crippen LogP contribution is 2.29. The quantitative estimate of drug-likeness (QED) is 0.901. The molecule has 19 heavy (non-hydrogen) atoms. The fraction of sp³-hybridized carbons (Fsp3) is 0.250. The second-order valence-electron chi connectivity index (χ2n) is 4.64. The maximum atomic E-state index is 13.3. The van der Waals surface area contributed by atoms with Crippen molar-refractivity contribution in [3.05, 3.63) is 65.5 Å². The van der Waals surface area contributed by atoms with Gasteiger partial charge in [0, 0.05) is 11.6 Å². The molecule has 2 aromatic rings. The van der Waals surface area contributed by atoms with Gasteiger partial charge >= 0.3 is 0 Å². The molecule has 2 aromatic carbocycles. The highest BCUT2D eigenvalue weighted by molar-refractivity contribution is 5.36. The molecule has 0 bridgehead atoms. The van der Waals surface area contributed by atoms with E-state index in [1.54, 1.807) is 6.07 Å². The monoisotopic (exact) mass is 259 g/mol. The van der Waals surface area contributed by atoms with Crippen LogP contribution < -0.4 is 10.5 Å². The lowest BCUT2D eigenvalue weighted by Crippen LogP contribution is -2.10. The summed E-state index contributed by atoms with van der Waals surface area (Å²) >= 11 is 0. The first kappa shape index (κ1) is 13.6. The SMILES string of the molecule is CC(N)c1cc(F)ccc1OC(C)c1ccccc1. The fourth-order valence-corrected chi connectivity index (χ4v) is 1.97. The molecule has 100 valence electrons. The Morgan fingerprint density at radius 2 is 1.74 bits per heavy atom. The highest BCUT2D eigenvalue weighted by atomic mass is 19.1. The van der Waals surface area contributed by atoms with E-state index in [1.807, 2.05) is 44.2 Å². The lowest BCUT2D eigenvalue weighted by Gasteiger charge is -2.19. The summed E-state index contributed by atoms with van der Waals surface area (Å²) in [5.41, 5.74) is 7.61. The van der Waals surface area contributed by atoms with Gasteiger partial charge in [-0.05, 0) is 37.6 Å². The van der Waals surface area contributed by atoms with Crippen molar-refractivity contribution >= 4 is 0 Å². The van der Waals surface area contributed by atoms with Gasteiger partial charge in [-0.15, -0.1) is 0 Å². The Labute approximate surface area is 113 Å². The first-order chi connectivity index (χ1) is 9.08. The Bertz CT molecular complexity index is 540. The van der Waals surface area contributed by atoms with E-state index in [1.165, 1.54) is 12.1 Å². The molecule has 0 heterocycles. The summed E-state index contributed by atoms with van der Waals surface area (Å²) in [6, 6.07) is 14.1. The Balaban J connectivity index is 2.24. The minimum absolute atomic E-state index is 0.107. The summed E-state index contributed by atoms with van der Waals surface area (Å²) in [5.74, 6) is 0.333. The summed E-state index contributed by atoms with van der Waals surface area (Å²) in [5, 5.41) is 0. The van der Waals surface area contributed by atoms with E-state index in [0.29, 0.717) is 11.3 Å². The lowest BCUT2D eigenvalue weighted by atomic mass is 10.1. The van der Waals surface area contributed by atoms with Crippen LogP contribution in [0.25, 0.3) is 0 Å². The largest absolute Gasteiger partial charge is 0.486 e. The number of hydrogen-bond acceptors (Lipinski definition) is 2. The third kappa shape index (κ3) is 3.32. The van der Waals surface area contributed by atoms with Crippen molar-refractivity contribution in [2.45, 2.75) is 26.0 Å². The smallest absolute Gasteiger partial charge is 0.125 e. The Hall–Kier alpha value is -1.87. The number of nitrogens with two attached hydrogens (primary N) is 1. The normalized spacial score (nSPS) is 13.9. The van der Waals surface area contributed by atoms with E-state index in [0.717, 1.165) is 5.56 Å². The molecular weight excluding hydrogens is 241 g/mol. The molecule has 0 spiro atoms. The van der Waals surface area contributed by atoms with E-state index < -0.39 is 0 Å². The van der Waals surface area contributed by atoms with Gasteiger partial charge in [0.1, 0.15) is 17.7 Å². The number of hydrogen-bond donors (Lipinski definition) is 1. The molecule has 2 rings (SSSR count). The molecule has 2 nitrogen and oxygen atoms in total. The first-order valence-corrected chi connectivity index (χ1v) is 6.34. The van der Waals surface area contributed by atoms with E-state index in [4.69, 9.17) is 10.5 Å². The zero-order valence-corrected chi connectivity index (χ0v) is 11.1. The van der Waals surface area contributed by atoms with Crippen LogP contribution in [0.1, 0.15) is 37.1 Å². The number of ether oxygens (including phenoxy) is 1. The predicted octanol–water partition coefficient (Wildman–Crippen LogP) is 3.99. The summed E-state index contributed by atoms with van der Waals surface area (Å²) in [7, 11) is 0. The van der Waals surface area contributed by atoms with Crippen LogP contribution in [0.15, 0.2) is 48.5 Å². The average Bonchev–Trinajstić information content (AvgIpc) is 2.41.